The molecular weight excluding hydrogens is 308 g/mol. The van der Waals surface area contributed by atoms with Crippen molar-refractivity contribution in [2.75, 3.05) is 20.7 Å². The summed E-state index contributed by atoms with van der Waals surface area (Å²) in [7, 11) is 3.87. The molecule has 0 unspecified atom stereocenters. The van der Waals surface area contributed by atoms with Gasteiger partial charge in [0.05, 0.1) is 18.2 Å². The number of aromatic nitrogens is 1. The van der Waals surface area contributed by atoms with Crippen molar-refractivity contribution in [2.24, 2.45) is 5.41 Å². The van der Waals surface area contributed by atoms with E-state index in [1.54, 1.807) is 0 Å². The second kappa shape index (κ2) is 6.09. The monoisotopic (exact) mass is 332 g/mol. The number of nitrogens with zero attached hydrogens (tertiary/aromatic N) is 2. The van der Waals surface area contributed by atoms with Crippen LogP contribution in [0.2, 0.25) is 0 Å². The maximum atomic E-state index is 12.5. The van der Waals surface area contributed by atoms with Crippen LogP contribution in [0.15, 0.2) is 22.2 Å². The number of allylic oxidation sites excluding steroid dienone is 2. The van der Waals surface area contributed by atoms with Crippen LogP contribution in [0.3, 0.4) is 0 Å². The summed E-state index contributed by atoms with van der Waals surface area (Å²) in [6.07, 6.45) is 5.91. The maximum Gasteiger partial charge on any atom is 0.265 e. The number of ether oxygens (including phenoxy) is 1. The highest BCUT2D eigenvalue weighted by Gasteiger charge is 2.52. The number of aliphatic hydroxyl groups excluding tert-OH is 1. The minimum atomic E-state index is -0.563. The van der Waals surface area contributed by atoms with Gasteiger partial charge in [0.25, 0.3) is 5.88 Å². The normalized spacial score (nSPS) is 25.9. The van der Waals surface area contributed by atoms with Crippen LogP contribution in [0.1, 0.15) is 50.5 Å². The average Bonchev–Trinajstić information content (AvgIpc) is 2.90. The number of rotatable bonds is 5. The van der Waals surface area contributed by atoms with Gasteiger partial charge in [0, 0.05) is 5.41 Å². The second-order valence-corrected chi connectivity index (χ2v) is 6.91. The molecule has 3 rings (SSSR count). The Morgan fingerprint density at radius 1 is 1.50 bits per heavy atom. The first kappa shape index (κ1) is 16.8. The van der Waals surface area contributed by atoms with Crippen molar-refractivity contribution < 1.29 is 19.2 Å². The Kier molecular flexibility index (Phi) is 4.25. The molecule has 0 spiro atoms. The fourth-order valence-corrected chi connectivity index (χ4v) is 3.84. The Hall–Kier alpha value is -2.08. The minimum absolute atomic E-state index is 0.0623. The first-order valence-electron chi connectivity index (χ1n) is 8.35. The predicted octanol–water partition coefficient (Wildman–Crippen LogP) is 3.27. The zero-order chi connectivity index (χ0) is 17.5. The van der Waals surface area contributed by atoms with Crippen molar-refractivity contribution in [2.45, 2.75) is 39.2 Å². The molecule has 0 aromatic carbocycles. The summed E-state index contributed by atoms with van der Waals surface area (Å²) < 4.78 is 11.2. The van der Waals surface area contributed by atoms with Gasteiger partial charge in [0.15, 0.2) is 11.5 Å². The third-order valence-corrected chi connectivity index (χ3v) is 4.89. The highest BCUT2D eigenvalue weighted by molar-refractivity contribution is 6.11. The van der Waals surface area contributed by atoms with Crippen molar-refractivity contribution in [3.8, 4) is 5.88 Å². The van der Waals surface area contributed by atoms with E-state index in [0.29, 0.717) is 29.9 Å². The third kappa shape index (κ3) is 2.36. The molecule has 130 valence electrons. The van der Waals surface area contributed by atoms with Gasteiger partial charge in [-0.05, 0) is 38.2 Å². The van der Waals surface area contributed by atoms with E-state index >= 15 is 0 Å². The molecule has 0 aliphatic heterocycles. The summed E-state index contributed by atoms with van der Waals surface area (Å²) in [5.74, 6) is 0.588. The zero-order valence-corrected chi connectivity index (χ0v) is 14.6. The molecule has 0 radical (unpaired) electrons. The summed E-state index contributed by atoms with van der Waals surface area (Å²) in [6, 6.07) is -0.205. The molecule has 0 bridgehead atoms. The summed E-state index contributed by atoms with van der Waals surface area (Å²) in [5, 5.41) is 14.9. The van der Waals surface area contributed by atoms with Crippen LogP contribution in [0.4, 0.5) is 0 Å². The molecule has 1 N–H and O–H groups in total. The average molecular weight is 332 g/mol. The molecule has 0 saturated carbocycles. The number of fused-ring (bicyclic) bond motifs is 2. The largest absolute Gasteiger partial charge is 0.507 e. The Morgan fingerprint density at radius 3 is 2.92 bits per heavy atom. The first-order valence-corrected chi connectivity index (χ1v) is 8.35. The molecule has 0 fully saturated rings. The van der Waals surface area contributed by atoms with Crippen molar-refractivity contribution in [1.29, 1.82) is 0 Å². The number of carbonyl (C=O) groups excluding carboxylic acids is 1. The van der Waals surface area contributed by atoms with Gasteiger partial charge < -0.3 is 14.4 Å². The SMILES string of the molecule is CCCCOc1noc2c1C(O)=C1C(=O)C=CC[C@@]1(C)[C@H]2N(C)C. The Balaban J connectivity index is 2.15. The van der Waals surface area contributed by atoms with Gasteiger partial charge in [-0.1, -0.05) is 26.3 Å². The lowest BCUT2D eigenvalue weighted by Gasteiger charge is -2.44. The lowest BCUT2D eigenvalue weighted by molar-refractivity contribution is -0.113. The van der Waals surface area contributed by atoms with Crippen LogP contribution in [0.5, 0.6) is 5.88 Å². The lowest BCUT2D eigenvalue weighted by atomic mass is 9.64. The Bertz CT molecular complexity index is 717. The van der Waals surface area contributed by atoms with E-state index < -0.39 is 5.41 Å². The summed E-state index contributed by atoms with van der Waals surface area (Å²) in [4.78, 5) is 14.5. The molecule has 1 aromatic heterocycles. The van der Waals surface area contributed by atoms with Gasteiger partial charge in [0.1, 0.15) is 11.3 Å². The second-order valence-electron chi connectivity index (χ2n) is 6.91. The van der Waals surface area contributed by atoms with E-state index in [0.717, 1.165) is 12.8 Å². The van der Waals surface area contributed by atoms with Crippen LogP contribution >= 0.6 is 0 Å². The summed E-state index contributed by atoms with van der Waals surface area (Å²) >= 11 is 0. The van der Waals surface area contributed by atoms with E-state index in [-0.39, 0.29) is 23.5 Å². The van der Waals surface area contributed by atoms with Gasteiger partial charge in [-0.15, -0.1) is 0 Å². The number of carbonyl (C=O) groups is 1. The molecule has 6 heteroatoms. The van der Waals surface area contributed by atoms with Crippen LogP contribution in [-0.4, -0.2) is 41.6 Å². The smallest absolute Gasteiger partial charge is 0.265 e. The Labute approximate surface area is 141 Å². The molecule has 2 aliphatic rings. The molecule has 1 aromatic rings. The van der Waals surface area contributed by atoms with Crippen molar-refractivity contribution in [1.82, 2.24) is 10.1 Å². The molecular formula is C18H24N2O4. The van der Waals surface area contributed by atoms with Crippen LogP contribution in [0.25, 0.3) is 5.76 Å². The molecule has 1 heterocycles. The number of unbranched alkanes of at least 4 members (excludes halogenated alkanes) is 1. The fraction of sp³-hybridized carbons (Fsp3) is 0.556. The Morgan fingerprint density at radius 2 is 2.25 bits per heavy atom. The zero-order valence-electron chi connectivity index (χ0n) is 14.6. The minimum Gasteiger partial charge on any atom is -0.507 e. The van der Waals surface area contributed by atoms with Crippen LogP contribution in [0, 0.1) is 5.41 Å². The van der Waals surface area contributed by atoms with E-state index in [1.165, 1.54) is 6.08 Å². The quantitative estimate of drug-likeness (QED) is 0.834. The molecule has 24 heavy (non-hydrogen) atoms. The van der Waals surface area contributed by atoms with Crippen LogP contribution in [-0.2, 0) is 4.79 Å². The van der Waals surface area contributed by atoms with Crippen LogP contribution < -0.4 is 4.74 Å². The van der Waals surface area contributed by atoms with Gasteiger partial charge in [-0.25, -0.2) is 0 Å². The maximum absolute atomic E-state index is 12.5. The number of aliphatic hydroxyl groups is 1. The summed E-state index contributed by atoms with van der Waals surface area (Å²) in [6.45, 7) is 4.55. The fourth-order valence-electron chi connectivity index (χ4n) is 3.84. The first-order chi connectivity index (χ1) is 11.4. The standard InChI is InChI=1S/C18H24N2O4/c1-5-6-10-23-17-12-14(22)13-11(21)8-7-9-18(13,2)16(20(3)4)15(12)24-19-17/h7-8,16,22H,5-6,9-10H2,1-4H3/t16-,18+/m0/s1. The van der Waals surface area contributed by atoms with E-state index in [1.807, 2.05) is 32.0 Å². The number of ketones is 1. The van der Waals surface area contributed by atoms with Gasteiger partial charge in [-0.3, -0.25) is 9.69 Å². The van der Waals surface area contributed by atoms with E-state index in [4.69, 9.17) is 9.26 Å². The third-order valence-electron chi connectivity index (χ3n) is 4.89. The van der Waals surface area contributed by atoms with Gasteiger partial charge >= 0.3 is 0 Å². The molecule has 6 nitrogen and oxygen atoms in total. The molecule has 0 amide bonds. The highest BCUT2D eigenvalue weighted by Crippen LogP contribution is 2.56. The number of hydrogen-bond acceptors (Lipinski definition) is 6. The van der Waals surface area contributed by atoms with Crippen molar-refractivity contribution in [3.63, 3.8) is 0 Å². The van der Waals surface area contributed by atoms with E-state index in [2.05, 4.69) is 12.1 Å². The summed E-state index contributed by atoms with van der Waals surface area (Å²) in [5.41, 5.74) is 0.271. The topological polar surface area (TPSA) is 75.8 Å². The highest BCUT2D eigenvalue weighted by atomic mass is 16.5. The molecule has 2 aliphatic carbocycles. The van der Waals surface area contributed by atoms with Crippen molar-refractivity contribution in [3.05, 3.63) is 29.0 Å². The van der Waals surface area contributed by atoms with E-state index in [9.17, 15) is 9.90 Å². The van der Waals surface area contributed by atoms with Crippen molar-refractivity contribution >= 4 is 11.5 Å². The molecule has 0 saturated heterocycles. The predicted molar refractivity (Wildman–Crippen MR) is 89.8 cm³/mol. The number of hydrogen-bond donors (Lipinski definition) is 1. The molecule has 2 atom stereocenters. The van der Waals surface area contributed by atoms with Gasteiger partial charge in [0.2, 0.25) is 0 Å². The lowest BCUT2D eigenvalue weighted by Crippen LogP contribution is -2.43. The van der Waals surface area contributed by atoms with Gasteiger partial charge in [-0.2, -0.15) is 0 Å².